The number of para-hydroxylation sites is 1. The number of hydrogen-bond acceptors (Lipinski definition) is 10. The molecule has 6 rings (SSSR count). The van der Waals surface area contributed by atoms with Crippen LogP contribution in [-0.4, -0.2) is 87.6 Å². The zero-order chi connectivity index (χ0) is 59.6. The van der Waals surface area contributed by atoms with Gasteiger partial charge < -0.3 is 31.9 Å². The van der Waals surface area contributed by atoms with Crippen molar-refractivity contribution in [1.29, 1.82) is 0 Å². The first-order valence-electron chi connectivity index (χ1n) is 21.9. The van der Waals surface area contributed by atoms with Crippen LogP contribution in [0.1, 0.15) is 86.3 Å². The van der Waals surface area contributed by atoms with E-state index in [-0.39, 0.29) is 58.2 Å². The van der Waals surface area contributed by atoms with Gasteiger partial charge in [-0.3, -0.25) is 49.0 Å². The number of nitrogens with zero attached hydrogens (tertiary/aromatic N) is 2. The Morgan fingerprint density at radius 1 is 0.456 bits per heavy atom. The molecule has 6 amide bonds. The summed E-state index contributed by atoms with van der Waals surface area (Å²) in [6, 6.07) is 25.7. The zero-order valence-electron chi connectivity index (χ0n) is 42.3. The third kappa shape index (κ3) is 22.3. The van der Waals surface area contributed by atoms with Crippen molar-refractivity contribution in [3.05, 3.63) is 217 Å². The predicted octanol–water partition coefficient (Wildman–Crippen LogP) is 11.3. The van der Waals surface area contributed by atoms with Crippen LogP contribution in [0.3, 0.4) is 0 Å². The number of halogens is 9. The maximum absolute atomic E-state index is 12.8. The smallest absolute Gasteiger partial charge is 0.355 e. The minimum Gasteiger partial charge on any atom is -0.355 e. The Hall–Kier alpha value is -8.25. The molecule has 0 aliphatic carbocycles. The molecule has 0 aliphatic heterocycles. The van der Waals surface area contributed by atoms with Gasteiger partial charge in [-0.1, -0.05) is 84.2 Å². The van der Waals surface area contributed by atoms with Crippen molar-refractivity contribution in [2.75, 3.05) is 42.3 Å². The number of hydrogen-bond donors (Lipinski definition) is 6. The number of carbonyl (C=O) groups excluding carboxylic acids is 6. The molecular weight excluding hydrogens is 1130 g/mol. The highest BCUT2D eigenvalue weighted by Gasteiger charge is 2.31. The second-order valence-electron chi connectivity index (χ2n) is 14.9. The van der Waals surface area contributed by atoms with E-state index in [1.54, 1.807) is 44.3 Å². The first-order valence-corrected chi connectivity index (χ1v) is 23.4. The number of aryl methyl sites for hydroxylation is 2. The predicted molar refractivity (Wildman–Crippen MR) is 293 cm³/mol. The molecule has 424 valence electrons. The van der Waals surface area contributed by atoms with Gasteiger partial charge in [-0.15, -0.1) is 0 Å². The summed E-state index contributed by atoms with van der Waals surface area (Å²) >= 11 is 22.9. The van der Waals surface area contributed by atoms with E-state index in [2.05, 4.69) is 31.9 Å². The van der Waals surface area contributed by atoms with E-state index in [0.717, 1.165) is 35.9 Å². The highest BCUT2D eigenvalue weighted by atomic mass is 35.5. The van der Waals surface area contributed by atoms with Gasteiger partial charge in [0.15, 0.2) is 0 Å². The second-order valence-corrected chi connectivity index (χ2v) is 16.5. The molecule has 0 unspecified atom stereocenters. The lowest BCUT2D eigenvalue weighted by atomic mass is 10.1. The van der Waals surface area contributed by atoms with Crippen LogP contribution in [0.5, 0.6) is 0 Å². The molecule has 0 bridgehead atoms. The Labute approximate surface area is 470 Å². The van der Waals surface area contributed by atoms with Crippen LogP contribution in [-0.2, 0) is 6.18 Å². The molecule has 0 aromatic heterocycles. The topological polar surface area (TPSA) is 261 Å². The number of nitro benzene ring substituents is 2. The third-order valence-corrected chi connectivity index (χ3v) is 11.0. The van der Waals surface area contributed by atoms with Crippen LogP contribution in [0.4, 0.5) is 33.3 Å². The van der Waals surface area contributed by atoms with Crippen molar-refractivity contribution in [2.45, 2.75) is 27.5 Å². The molecule has 0 aliphatic rings. The highest BCUT2D eigenvalue weighted by Crippen LogP contribution is 2.32. The summed E-state index contributed by atoms with van der Waals surface area (Å²) in [6.07, 6.45) is -4.48. The standard InChI is InChI=1S/C9H7ClF3NO.C9H10ClNO.C9H10N2O3.C8H7Cl2NO.C8H7F2NO.C8H8N2O3.CH4/c1-14-8(15)6-4-5(9(11,12)13)2-3-7(6)10;1-6-4-3-5-7(10)8(6)9(12)11-2;1-6-5-7(11(13)14)3-4-8(6)9(12)10-2;1-11-8(12)7-5(9)3-2-4-6(7)10;1-11-8(12)6-3-2-5(9)4-7(6)10;1-9-8(11)6-4-2-3-5-7(6)10(12)13;/h2-4H,1H3,(H,14,15);3-5H,1-2H3,(H,11,12);3-5H,1-2H3,(H,10,12);2*2-4H,1H3,(H,11,12);2-5H,1H3,(H,9,11);1H4. The van der Waals surface area contributed by atoms with Gasteiger partial charge in [0.25, 0.3) is 46.8 Å². The Bertz CT molecular complexity index is 3030. The highest BCUT2D eigenvalue weighted by molar-refractivity contribution is 6.39. The van der Waals surface area contributed by atoms with Crippen LogP contribution in [0.15, 0.2) is 115 Å². The zero-order valence-corrected chi connectivity index (χ0v) is 45.4. The molecule has 0 radical (unpaired) electrons. The number of amides is 6. The molecule has 79 heavy (non-hydrogen) atoms. The van der Waals surface area contributed by atoms with Crippen molar-refractivity contribution in [3.63, 3.8) is 0 Å². The largest absolute Gasteiger partial charge is 0.416 e. The first kappa shape index (κ1) is 70.8. The van der Waals surface area contributed by atoms with E-state index < -0.39 is 50.9 Å². The molecule has 0 fully saturated rings. The number of rotatable bonds is 8. The van der Waals surface area contributed by atoms with Crippen molar-refractivity contribution in [3.8, 4) is 0 Å². The lowest BCUT2D eigenvalue weighted by Crippen LogP contribution is -2.19. The van der Waals surface area contributed by atoms with Gasteiger partial charge in [0.2, 0.25) is 0 Å². The molecule has 27 heteroatoms. The number of benzene rings is 6. The van der Waals surface area contributed by atoms with Crippen molar-refractivity contribution in [2.24, 2.45) is 0 Å². The number of nitrogens with one attached hydrogen (secondary N) is 6. The second kappa shape index (κ2) is 34.5. The van der Waals surface area contributed by atoms with Gasteiger partial charge in [-0.25, -0.2) is 8.78 Å². The Morgan fingerprint density at radius 3 is 1.35 bits per heavy atom. The summed E-state index contributed by atoms with van der Waals surface area (Å²) in [6.45, 7) is 3.52. The van der Waals surface area contributed by atoms with E-state index in [9.17, 15) is 70.9 Å². The summed E-state index contributed by atoms with van der Waals surface area (Å²) in [7, 11) is 8.76. The van der Waals surface area contributed by atoms with Gasteiger partial charge in [-0.05, 0) is 85.6 Å². The normalized spacial score (nSPS) is 9.73. The molecular formula is C52H53Cl4F5N8O10. The molecule has 0 saturated carbocycles. The number of nitro groups is 2. The fourth-order valence-corrected chi connectivity index (χ4v) is 6.89. The van der Waals surface area contributed by atoms with Gasteiger partial charge in [-0.2, -0.15) is 13.2 Å². The van der Waals surface area contributed by atoms with Crippen LogP contribution in [0, 0.1) is 45.7 Å². The minimum absolute atomic E-state index is 0. The lowest BCUT2D eigenvalue weighted by Gasteiger charge is -2.09. The maximum atomic E-state index is 12.8. The van der Waals surface area contributed by atoms with Gasteiger partial charge >= 0.3 is 6.18 Å². The average molecular weight is 1190 g/mol. The molecule has 6 N–H and O–H groups in total. The fraction of sp³-hybridized carbons (Fsp3) is 0.192. The Kier molecular flexibility index (Phi) is 30.9. The van der Waals surface area contributed by atoms with Gasteiger partial charge in [0.05, 0.1) is 57.8 Å². The maximum Gasteiger partial charge on any atom is 0.416 e. The molecule has 0 saturated heterocycles. The summed E-state index contributed by atoms with van der Waals surface area (Å²) in [5, 5.41) is 36.3. The number of carbonyl (C=O) groups is 6. The van der Waals surface area contributed by atoms with Crippen LogP contribution in [0.25, 0.3) is 0 Å². The Balaban J connectivity index is 0.000000924. The molecule has 0 spiro atoms. The Morgan fingerprint density at radius 2 is 0.899 bits per heavy atom. The lowest BCUT2D eigenvalue weighted by molar-refractivity contribution is -0.385. The summed E-state index contributed by atoms with van der Waals surface area (Å²) in [5.74, 6) is -3.86. The summed E-state index contributed by atoms with van der Waals surface area (Å²) in [5.41, 5.74) is 1.48. The average Bonchev–Trinajstić information content (AvgIpc) is 3.40. The molecule has 6 aromatic carbocycles. The van der Waals surface area contributed by atoms with Crippen LogP contribution in [0.2, 0.25) is 20.1 Å². The molecule has 0 heterocycles. The molecule has 6 aromatic rings. The quantitative estimate of drug-likeness (QED) is 0.0477. The van der Waals surface area contributed by atoms with Crippen molar-refractivity contribution < 1.29 is 60.6 Å². The van der Waals surface area contributed by atoms with E-state index >= 15 is 0 Å². The summed E-state index contributed by atoms with van der Waals surface area (Å²) in [4.78, 5) is 86.6. The minimum atomic E-state index is -4.48. The van der Waals surface area contributed by atoms with Gasteiger partial charge in [0, 0.05) is 72.1 Å². The third-order valence-electron chi connectivity index (χ3n) is 9.73. The van der Waals surface area contributed by atoms with Gasteiger partial charge in [0.1, 0.15) is 17.2 Å². The number of alkyl halides is 3. The van der Waals surface area contributed by atoms with Crippen LogP contribution >= 0.6 is 46.4 Å². The van der Waals surface area contributed by atoms with E-state index in [1.165, 1.54) is 71.6 Å². The first-order chi connectivity index (χ1) is 36.6. The monoisotopic (exact) mass is 1180 g/mol. The van der Waals surface area contributed by atoms with Crippen molar-refractivity contribution >= 4 is 93.2 Å². The SMILES string of the molecule is C.CNC(=O)c1c(C)cccc1Cl.CNC(=O)c1c(Cl)cccc1Cl.CNC(=O)c1cc(C(F)(F)F)ccc1Cl.CNC(=O)c1ccc(F)cc1F.CNC(=O)c1ccc([N+](=O)[O-])cc1C.CNC(=O)c1ccccc1[N+](=O)[O-]. The van der Waals surface area contributed by atoms with E-state index in [4.69, 9.17) is 46.4 Å². The fourth-order valence-electron chi connectivity index (χ4n) is 5.81. The van der Waals surface area contributed by atoms with E-state index in [1.807, 2.05) is 19.1 Å². The molecule has 0 atom stereocenters. The van der Waals surface area contributed by atoms with Crippen LogP contribution < -0.4 is 31.9 Å². The molecule has 18 nitrogen and oxygen atoms in total. The van der Waals surface area contributed by atoms with E-state index in [0.29, 0.717) is 43.4 Å². The van der Waals surface area contributed by atoms with Crippen molar-refractivity contribution in [1.82, 2.24) is 31.9 Å². The summed E-state index contributed by atoms with van der Waals surface area (Å²) < 4.78 is 62.0. The number of non-ortho nitro benzene ring substituents is 1.